The number of nitro benzene ring substituents is 1. The summed E-state index contributed by atoms with van der Waals surface area (Å²) in [6.07, 6.45) is 0.189. The third-order valence-electron chi connectivity index (χ3n) is 2.59. The SMILES string of the molecule is CCNC(CCOc1c(F)cccc1[N+](=O)[O-])C(N)=O. The van der Waals surface area contributed by atoms with E-state index in [-0.39, 0.29) is 13.0 Å². The molecule has 3 N–H and O–H groups in total. The molecule has 0 radical (unpaired) electrons. The molecular weight excluding hydrogens is 269 g/mol. The summed E-state index contributed by atoms with van der Waals surface area (Å²) < 4.78 is 18.6. The minimum absolute atomic E-state index is 0.0671. The summed E-state index contributed by atoms with van der Waals surface area (Å²) in [4.78, 5) is 21.1. The van der Waals surface area contributed by atoms with Gasteiger partial charge in [0.2, 0.25) is 11.7 Å². The maximum atomic E-state index is 13.5. The first-order chi connectivity index (χ1) is 9.47. The van der Waals surface area contributed by atoms with Crippen molar-refractivity contribution < 1.29 is 18.8 Å². The number of halogens is 1. The van der Waals surface area contributed by atoms with Crippen molar-refractivity contribution in [3.8, 4) is 5.75 Å². The number of rotatable bonds is 8. The van der Waals surface area contributed by atoms with Crippen molar-refractivity contribution in [3.63, 3.8) is 0 Å². The number of ether oxygens (including phenoxy) is 1. The maximum Gasteiger partial charge on any atom is 0.314 e. The highest BCUT2D eigenvalue weighted by molar-refractivity contribution is 5.79. The highest BCUT2D eigenvalue weighted by atomic mass is 19.1. The fourth-order valence-corrected chi connectivity index (χ4v) is 1.65. The molecule has 0 aliphatic rings. The van der Waals surface area contributed by atoms with Crippen LogP contribution in [0, 0.1) is 15.9 Å². The molecule has 1 rings (SSSR count). The lowest BCUT2D eigenvalue weighted by molar-refractivity contribution is -0.386. The number of benzene rings is 1. The number of nitrogens with zero attached hydrogens (tertiary/aromatic N) is 1. The van der Waals surface area contributed by atoms with Crippen molar-refractivity contribution in [1.82, 2.24) is 5.32 Å². The van der Waals surface area contributed by atoms with Gasteiger partial charge in [-0.05, 0) is 12.6 Å². The standard InChI is InChI=1S/C12H16FN3O4/c1-2-15-9(12(14)17)6-7-20-11-8(13)4-3-5-10(11)16(18)19/h3-5,9,15H,2,6-7H2,1H3,(H2,14,17). The van der Waals surface area contributed by atoms with Gasteiger partial charge in [-0.1, -0.05) is 13.0 Å². The molecule has 0 saturated heterocycles. The van der Waals surface area contributed by atoms with Crippen molar-refractivity contribution >= 4 is 11.6 Å². The number of carbonyl (C=O) groups is 1. The molecule has 0 aromatic heterocycles. The number of primary amides is 1. The van der Waals surface area contributed by atoms with Gasteiger partial charge in [0, 0.05) is 12.5 Å². The van der Waals surface area contributed by atoms with Crippen LogP contribution in [0.4, 0.5) is 10.1 Å². The first-order valence-electron chi connectivity index (χ1n) is 6.05. The van der Waals surface area contributed by atoms with Crippen LogP contribution in [0.3, 0.4) is 0 Å². The molecule has 110 valence electrons. The Bertz CT molecular complexity index is 496. The molecule has 1 unspecified atom stereocenters. The van der Waals surface area contributed by atoms with Crippen LogP contribution >= 0.6 is 0 Å². The van der Waals surface area contributed by atoms with Gasteiger partial charge < -0.3 is 15.8 Å². The van der Waals surface area contributed by atoms with Gasteiger partial charge in [-0.3, -0.25) is 14.9 Å². The summed E-state index contributed by atoms with van der Waals surface area (Å²) in [5.74, 6) is -1.81. The van der Waals surface area contributed by atoms with Crippen LogP contribution in [0.1, 0.15) is 13.3 Å². The molecule has 1 aromatic carbocycles. The second-order valence-corrected chi connectivity index (χ2v) is 3.99. The molecule has 0 heterocycles. The van der Waals surface area contributed by atoms with E-state index in [4.69, 9.17) is 10.5 Å². The Kier molecular flexibility index (Phi) is 5.85. The zero-order valence-electron chi connectivity index (χ0n) is 11.0. The van der Waals surface area contributed by atoms with E-state index in [2.05, 4.69) is 5.32 Å². The minimum atomic E-state index is -0.821. The molecule has 1 aromatic rings. The van der Waals surface area contributed by atoms with Crippen molar-refractivity contribution in [2.24, 2.45) is 5.73 Å². The van der Waals surface area contributed by atoms with Gasteiger partial charge in [-0.15, -0.1) is 0 Å². The highest BCUT2D eigenvalue weighted by Crippen LogP contribution is 2.29. The van der Waals surface area contributed by atoms with Gasteiger partial charge in [-0.25, -0.2) is 4.39 Å². The summed E-state index contributed by atoms with van der Waals surface area (Å²) >= 11 is 0. The van der Waals surface area contributed by atoms with E-state index in [0.29, 0.717) is 6.54 Å². The first-order valence-corrected chi connectivity index (χ1v) is 6.05. The second-order valence-electron chi connectivity index (χ2n) is 3.99. The lowest BCUT2D eigenvalue weighted by Gasteiger charge is -2.14. The zero-order valence-corrected chi connectivity index (χ0v) is 11.0. The average Bonchev–Trinajstić information content (AvgIpc) is 2.38. The van der Waals surface area contributed by atoms with E-state index >= 15 is 0 Å². The van der Waals surface area contributed by atoms with E-state index in [1.54, 1.807) is 6.92 Å². The molecule has 0 fully saturated rings. The largest absolute Gasteiger partial charge is 0.485 e. The lowest BCUT2D eigenvalue weighted by Crippen LogP contribution is -2.42. The zero-order chi connectivity index (χ0) is 15.1. The summed E-state index contributed by atoms with van der Waals surface area (Å²) in [6, 6.07) is 2.82. The number of nitrogens with two attached hydrogens (primary N) is 1. The smallest absolute Gasteiger partial charge is 0.314 e. The van der Waals surface area contributed by atoms with Gasteiger partial charge in [-0.2, -0.15) is 0 Å². The predicted octanol–water partition coefficient (Wildman–Crippen LogP) is 0.966. The maximum absolute atomic E-state index is 13.5. The molecule has 20 heavy (non-hydrogen) atoms. The number of hydrogen-bond donors (Lipinski definition) is 2. The van der Waals surface area contributed by atoms with Crippen molar-refractivity contribution in [1.29, 1.82) is 0 Å². The summed E-state index contributed by atoms with van der Waals surface area (Å²) in [5, 5.41) is 13.6. The fourth-order valence-electron chi connectivity index (χ4n) is 1.65. The molecule has 0 saturated carbocycles. The van der Waals surface area contributed by atoms with Crippen LogP contribution in [-0.2, 0) is 4.79 Å². The number of hydrogen-bond acceptors (Lipinski definition) is 5. The van der Waals surface area contributed by atoms with Gasteiger partial charge in [0.05, 0.1) is 17.6 Å². The van der Waals surface area contributed by atoms with Crippen LogP contribution in [-0.4, -0.2) is 30.0 Å². The van der Waals surface area contributed by atoms with E-state index in [1.807, 2.05) is 0 Å². The molecule has 8 heteroatoms. The number of nitrogens with one attached hydrogen (secondary N) is 1. The fraction of sp³-hybridized carbons (Fsp3) is 0.417. The van der Waals surface area contributed by atoms with Crippen LogP contribution in [0.15, 0.2) is 18.2 Å². The summed E-state index contributed by atoms with van der Waals surface area (Å²) in [7, 11) is 0. The molecule has 0 bridgehead atoms. The van der Waals surface area contributed by atoms with Gasteiger partial charge in [0.25, 0.3) is 0 Å². The number of para-hydroxylation sites is 1. The van der Waals surface area contributed by atoms with Crippen LogP contribution in [0.25, 0.3) is 0 Å². The third kappa shape index (κ3) is 4.16. The van der Waals surface area contributed by atoms with Crippen molar-refractivity contribution in [3.05, 3.63) is 34.1 Å². The molecule has 1 atom stereocenters. The molecule has 0 aliphatic heterocycles. The number of likely N-dealkylation sites (N-methyl/N-ethyl adjacent to an activating group) is 1. The number of nitro groups is 1. The Morgan fingerprint density at radius 1 is 1.60 bits per heavy atom. The van der Waals surface area contributed by atoms with Gasteiger partial charge in [0.15, 0.2) is 5.82 Å². The summed E-state index contributed by atoms with van der Waals surface area (Å²) in [5.41, 5.74) is 4.72. The normalized spacial score (nSPS) is 11.9. The first kappa shape index (κ1) is 15.8. The number of carbonyl (C=O) groups excluding carboxylic acids is 1. The molecule has 0 spiro atoms. The lowest BCUT2D eigenvalue weighted by atomic mass is 10.2. The van der Waals surface area contributed by atoms with E-state index in [9.17, 15) is 19.3 Å². The molecule has 1 amide bonds. The topological polar surface area (TPSA) is 107 Å². The number of amides is 1. The van der Waals surface area contributed by atoms with Crippen molar-refractivity contribution in [2.75, 3.05) is 13.2 Å². The molecular formula is C12H16FN3O4. The predicted molar refractivity (Wildman–Crippen MR) is 69.8 cm³/mol. The minimum Gasteiger partial charge on any atom is -0.485 e. The van der Waals surface area contributed by atoms with E-state index in [1.165, 1.54) is 6.07 Å². The molecule has 7 nitrogen and oxygen atoms in total. The van der Waals surface area contributed by atoms with Crippen molar-refractivity contribution in [2.45, 2.75) is 19.4 Å². The Morgan fingerprint density at radius 3 is 2.85 bits per heavy atom. The van der Waals surface area contributed by atoms with E-state index < -0.39 is 34.1 Å². The van der Waals surface area contributed by atoms with Crippen LogP contribution < -0.4 is 15.8 Å². The average molecular weight is 285 g/mol. The Morgan fingerprint density at radius 2 is 2.30 bits per heavy atom. The molecule has 0 aliphatic carbocycles. The van der Waals surface area contributed by atoms with Crippen LogP contribution in [0.5, 0.6) is 5.75 Å². The van der Waals surface area contributed by atoms with E-state index in [0.717, 1.165) is 12.1 Å². The second kappa shape index (κ2) is 7.39. The summed E-state index contributed by atoms with van der Waals surface area (Å²) in [6.45, 7) is 2.27. The Labute approximate surface area is 115 Å². The van der Waals surface area contributed by atoms with Crippen LogP contribution in [0.2, 0.25) is 0 Å². The Hall–Kier alpha value is -2.22. The Balaban J connectivity index is 2.70. The quantitative estimate of drug-likeness (QED) is 0.546. The highest BCUT2D eigenvalue weighted by Gasteiger charge is 2.20. The third-order valence-corrected chi connectivity index (χ3v) is 2.59. The van der Waals surface area contributed by atoms with Gasteiger partial charge in [0.1, 0.15) is 0 Å². The van der Waals surface area contributed by atoms with Gasteiger partial charge >= 0.3 is 5.69 Å². The monoisotopic (exact) mass is 285 g/mol.